The van der Waals surface area contributed by atoms with E-state index in [4.69, 9.17) is 11.6 Å². The number of carbonyl (C=O) groups excluding carboxylic acids is 1. The molecule has 0 unspecified atom stereocenters. The molecule has 112 valence electrons. The highest BCUT2D eigenvalue weighted by Crippen LogP contribution is 2.33. The van der Waals surface area contributed by atoms with Gasteiger partial charge in [0, 0.05) is 0 Å². The summed E-state index contributed by atoms with van der Waals surface area (Å²) in [6.07, 6.45) is -2.42. The van der Waals surface area contributed by atoms with Gasteiger partial charge in [-0.3, -0.25) is 4.79 Å². The van der Waals surface area contributed by atoms with Crippen LogP contribution in [-0.4, -0.2) is 17.4 Å². The first-order valence-electron chi connectivity index (χ1n) is 6.09. The van der Waals surface area contributed by atoms with Gasteiger partial charge in [-0.05, 0) is 30.4 Å². The zero-order chi connectivity index (χ0) is 15.2. The van der Waals surface area contributed by atoms with E-state index in [1.54, 1.807) is 0 Å². The lowest BCUT2D eigenvalue weighted by atomic mass is 10.2. The summed E-state index contributed by atoms with van der Waals surface area (Å²) in [4.78, 5) is 11.6. The lowest BCUT2D eigenvalue weighted by molar-refractivity contribution is -0.137. The molecule has 7 heteroatoms. The van der Waals surface area contributed by atoms with E-state index in [1.165, 1.54) is 11.8 Å². The summed E-state index contributed by atoms with van der Waals surface area (Å²) in [6.45, 7) is 2.04. The molecule has 0 aromatic heterocycles. The fourth-order valence-electron chi connectivity index (χ4n) is 1.39. The van der Waals surface area contributed by atoms with Crippen LogP contribution in [0.1, 0.15) is 25.3 Å². The number of hydrogen-bond donors (Lipinski definition) is 1. The normalized spacial score (nSPS) is 11.4. The van der Waals surface area contributed by atoms with E-state index in [0.29, 0.717) is 0 Å². The van der Waals surface area contributed by atoms with Crippen molar-refractivity contribution in [2.75, 3.05) is 16.8 Å². The van der Waals surface area contributed by atoms with Crippen molar-refractivity contribution >= 4 is 35.0 Å². The van der Waals surface area contributed by atoms with Crippen LogP contribution < -0.4 is 5.32 Å². The van der Waals surface area contributed by atoms with Crippen molar-refractivity contribution in [2.45, 2.75) is 25.9 Å². The van der Waals surface area contributed by atoms with Crippen molar-refractivity contribution in [2.24, 2.45) is 0 Å². The van der Waals surface area contributed by atoms with Gasteiger partial charge in [0.2, 0.25) is 5.91 Å². The van der Waals surface area contributed by atoms with E-state index in [-0.39, 0.29) is 22.4 Å². The van der Waals surface area contributed by atoms with Crippen LogP contribution in [0.3, 0.4) is 0 Å². The molecule has 1 aromatic carbocycles. The number of unbranched alkanes of at least 4 members (excludes halogenated alkanes) is 1. The SMILES string of the molecule is CCCCSCC(=O)Nc1cc(C(F)(F)F)ccc1Cl. The number of amides is 1. The van der Waals surface area contributed by atoms with Gasteiger partial charge in [0.15, 0.2) is 0 Å². The van der Waals surface area contributed by atoms with Crippen LogP contribution in [0.2, 0.25) is 5.02 Å². The molecule has 20 heavy (non-hydrogen) atoms. The number of carbonyl (C=O) groups is 1. The van der Waals surface area contributed by atoms with E-state index >= 15 is 0 Å². The van der Waals surface area contributed by atoms with Crippen molar-refractivity contribution in [1.82, 2.24) is 0 Å². The predicted molar refractivity (Wildman–Crippen MR) is 77.3 cm³/mol. The fraction of sp³-hybridized carbons (Fsp3) is 0.462. The van der Waals surface area contributed by atoms with E-state index < -0.39 is 11.7 Å². The van der Waals surface area contributed by atoms with Crippen LogP contribution in [0.25, 0.3) is 0 Å². The van der Waals surface area contributed by atoms with E-state index in [0.717, 1.165) is 36.8 Å². The minimum absolute atomic E-state index is 0.0115. The first-order valence-corrected chi connectivity index (χ1v) is 7.62. The van der Waals surface area contributed by atoms with Gasteiger partial charge in [-0.25, -0.2) is 0 Å². The van der Waals surface area contributed by atoms with Crippen LogP contribution in [0, 0.1) is 0 Å². The molecule has 1 N–H and O–H groups in total. The third-order valence-corrected chi connectivity index (χ3v) is 3.82. The zero-order valence-electron chi connectivity index (χ0n) is 10.9. The van der Waals surface area contributed by atoms with Crippen molar-refractivity contribution in [3.05, 3.63) is 28.8 Å². The molecule has 0 radical (unpaired) electrons. The Morgan fingerprint density at radius 1 is 1.40 bits per heavy atom. The number of benzene rings is 1. The molecule has 1 amide bonds. The molecule has 0 saturated carbocycles. The second-order valence-corrected chi connectivity index (χ2v) is 5.66. The van der Waals surface area contributed by atoms with Gasteiger partial charge >= 0.3 is 6.18 Å². The third-order valence-electron chi connectivity index (χ3n) is 2.44. The number of rotatable bonds is 6. The van der Waals surface area contributed by atoms with Crippen LogP contribution in [-0.2, 0) is 11.0 Å². The molecule has 0 fully saturated rings. The largest absolute Gasteiger partial charge is 0.416 e. The Balaban J connectivity index is 2.65. The molecule has 0 saturated heterocycles. The number of nitrogens with one attached hydrogen (secondary N) is 1. The Labute approximate surface area is 125 Å². The van der Waals surface area contributed by atoms with Gasteiger partial charge < -0.3 is 5.32 Å². The quantitative estimate of drug-likeness (QED) is 0.759. The molecule has 2 nitrogen and oxygen atoms in total. The Hall–Kier alpha value is -0.880. The predicted octanol–water partition coefficient (Wildman–Crippen LogP) is 4.83. The summed E-state index contributed by atoms with van der Waals surface area (Å²) in [7, 11) is 0. The number of alkyl halides is 3. The number of anilines is 1. The molecule has 0 aliphatic carbocycles. The van der Waals surface area contributed by atoms with Gasteiger partial charge in [0.25, 0.3) is 0 Å². The topological polar surface area (TPSA) is 29.1 Å². The van der Waals surface area contributed by atoms with Crippen LogP contribution >= 0.6 is 23.4 Å². The van der Waals surface area contributed by atoms with Gasteiger partial charge in [-0.1, -0.05) is 24.9 Å². The van der Waals surface area contributed by atoms with Crippen molar-refractivity contribution in [1.29, 1.82) is 0 Å². The molecule has 0 atom stereocenters. The molecule has 0 bridgehead atoms. The number of thioether (sulfide) groups is 1. The molecule has 0 heterocycles. The maximum atomic E-state index is 12.6. The molecular weight excluding hydrogens is 311 g/mol. The molecule has 0 aliphatic rings. The molecule has 1 aromatic rings. The van der Waals surface area contributed by atoms with Crippen LogP contribution in [0.4, 0.5) is 18.9 Å². The summed E-state index contributed by atoms with van der Waals surface area (Å²) in [5.41, 5.74) is -0.849. The molecular formula is C13H15ClF3NOS. The minimum atomic E-state index is -4.46. The molecule has 0 aliphatic heterocycles. The fourth-order valence-corrected chi connectivity index (χ4v) is 2.45. The van der Waals surface area contributed by atoms with Crippen molar-refractivity contribution < 1.29 is 18.0 Å². The van der Waals surface area contributed by atoms with Crippen molar-refractivity contribution in [3.63, 3.8) is 0 Å². The average molecular weight is 326 g/mol. The Morgan fingerprint density at radius 3 is 2.70 bits per heavy atom. The maximum Gasteiger partial charge on any atom is 0.416 e. The lowest BCUT2D eigenvalue weighted by Crippen LogP contribution is -2.15. The highest BCUT2D eigenvalue weighted by Gasteiger charge is 2.31. The molecule has 0 spiro atoms. The Morgan fingerprint density at radius 2 is 2.10 bits per heavy atom. The van der Waals surface area contributed by atoms with Gasteiger partial charge in [0.05, 0.1) is 22.0 Å². The Bertz CT molecular complexity index is 465. The maximum absolute atomic E-state index is 12.6. The van der Waals surface area contributed by atoms with E-state index in [1.807, 2.05) is 6.92 Å². The second kappa shape index (κ2) is 7.78. The van der Waals surface area contributed by atoms with E-state index in [9.17, 15) is 18.0 Å². The van der Waals surface area contributed by atoms with Crippen molar-refractivity contribution in [3.8, 4) is 0 Å². The van der Waals surface area contributed by atoms with Gasteiger partial charge in [-0.15, -0.1) is 0 Å². The second-order valence-electron chi connectivity index (χ2n) is 4.15. The summed E-state index contributed by atoms with van der Waals surface area (Å²) < 4.78 is 37.7. The highest BCUT2D eigenvalue weighted by molar-refractivity contribution is 7.99. The average Bonchev–Trinajstić information content (AvgIpc) is 2.36. The van der Waals surface area contributed by atoms with Crippen LogP contribution in [0.5, 0.6) is 0 Å². The van der Waals surface area contributed by atoms with Gasteiger partial charge in [-0.2, -0.15) is 24.9 Å². The van der Waals surface area contributed by atoms with E-state index in [2.05, 4.69) is 5.32 Å². The standard InChI is InChI=1S/C13H15ClF3NOS/c1-2-3-6-20-8-12(19)18-11-7-9(13(15,16)17)4-5-10(11)14/h4-5,7H,2-3,6,8H2,1H3,(H,18,19). The first kappa shape index (κ1) is 17.2. The first-order chi connectivity index (χ1) is 9.34. The van der Waals surface area contributed by atoms with Crippen LogP contribution in [0.15, 0.2) is 18.2 Å². The lowest BCUT2D eigenvalue weighted by Gasteiger charge is -2.11. The third kappa shape index (κ3) is 5.63. The summed E-state index contributed by atoms with van der Waals surface area (Å²) in [5.74, 6) is 0.694. The van der Waals surface area contributed by atoms with Gasteiger partial charge in [0.1, 0.15) is 0 Å². The zero-order valence-corrected chi connectivity index (χ0v) is 12.5. The summed E-state index contributed by atoms with van der Waals surface area (Å²) >= 11 is 7.23. The Kier molecular flexibility index (Phi) is 6.68. The summed E-state index contributed by atoms with van der Waals surface area (Å²) in [5, 5.41) is 2.50. The number of halogens is 4. The molecule has 1 rings (SSSR count). The summed E-state index contributed by atoms with van der Waals surface area (Å²) in [6, 6.07) is 2.86. The monoisotopic (exact) mass is 325 g/mol. The number of hydrogen-bond acceptors (Lipinski definition) is 2. The minimum Gasteiger partial charge on any atom is -0.324 e. The smallest absolute Gasteiger partial charge is 0.324 e. The highest BCUT2D eigenvalue weighted by atomic mass is 35.5.